The van der Waals surface area contributed by atoms with Gasteiger partial charge in [0.15, 0.2) is 18.0 Å². The topological polar surface area (TPSA) is 115 Å². The summed E-state index contributed by atoms with van der Waals surface area (Å²) >= 11 is 0. The molecule has 0 spiro atoms. The highest BCUT2D eigenvalue weighted by Crippen LogP contribution is 2.35. The Morgan fingerprint density at radius 2 is 2.27 bits per heavy atom. The minimum Gasteiger partial charge on any atom is -0.450 e. The summed E-state index contributed by atoms with van der Waals surface area (Å²) < 4.78 is 13.6. The fraction of sp³-hybridized carbons (Fsp3) is 0.462. The van der Waals surface area contributed by atoms with Crippen LogP contribution in [0.3, 0.4) is 0 Å². The Kier molecular flexibility index (Phi) is 3.59. The molecule has 3 rings (SSSR count). The summed E-state index contributed by atoms with van der Waals surface area (Å²) in [6.45, 7) is 1.48. The number of aliphatic hydroxyl groups excluding tert-OH is 1. The summed E-state index contributed by atoms with van der Waals surface area (Å²) in [6.07, 6.45) is 0.895. The van der Waals surface area contributed by atoms with Crippen LogP contribution in [0.2, 0.25) is 0 Å². The lowest BCUT2D eigenvalue weighted by atomic mass is 10.0. The normalized spacial score (nSPS) is 28.1. The van der Waals surface area contributed by atoms with Gasteiger partial charge in [0.2, 0.25) is 5.43 Å². The number of hydrogen-bond donors (Lipinski definition) is 2. The van der Waals surface area contributed by atoms with E-state index in [2.05, 4.69) is 4.98 Å². The van der Waals surface area contributed by atoms with Gasteiger partial charge in [0.1, 0.15) is 0 Å². The molecule has 0 bridgehead atoms. The van der Waals surface area contributed by atoms with E-state index in [0.717, 1.165) is 0 Å². The molecule has 0 aromatic carbocycles. The molecule has 9 nitrogen and oxygen atoms in total. The van der Waals surface area contributed by atoms with Crippen LogP contribution in [0.5, 0.6) is 0 Å². The largest absolute Gasteiger partial charge is 0.506 e. The third-order valence-electron chi connectivity index (χ3n) is 3.85. The molecule has 22 heavy (non-hydrogen) atoms. The van der Waals surface area contributed by atoms with Crippen molar-refractivity contribution in [2.75, 3.05) is 6.61 Å². The number of ether oxygens (including phenoxy) is 2. The first-order valence-corrected chi connectivity index (χ1v) is 6.73. The van der Waals surface area contributed by atoms with E-state index in [4.69, 9.17) is 14.6 Å². The zero-order chi connectivity index (χ0) is 15.9. The van der Waals surface area contributed by atoms with Gasteiger partial charge in [-0.1, -0.05) is 6.92 Å². The molecule has 1 aliphatic heterocycles. The Hall–Kier alpha value is -2.39. The molecule has 0 unspecified atom stereocenters. The Bertz CT molecular complexity index is 754. The van der Waals surface area contributed by atoms with Crippen molar-refractivity contribution in [2.24, 2.45) is 5.92 Å². The van der Waals surface area contributed by atoms with Gasteiger partial charge in [-0.25, -0.2) is 14.3 Å². The summed E-state index contributed by atoms with van der Waals surface area (Å²) in [7, 11) is 0. The zero-order valence-corrected chi connectivity index (χ0v) is 11.7. The second-order valence-electron chi connectivity index (χ2n) is 5.11. The third kappa shape index (κ3) is 2.24. The molecule has 0 amide bonds. The lowest BCUT2D eigenvalue weighted by Crippen LogP contribution is -2.32. The Morgan fingerprint density at radius 3 is 2.95 bits per heavy atom. The smallest absolute Gasteiger partial charge is 0.450 e. The highest BCUT2D eigenvalue weighted by molar-refractivity contribution is 5.57. The molecular weight excluding hydrogens is 294 g/mol. The molecule has 2 aromatic rings. The van der Waals surface area contributed by atoms with Gasteiger partial charge in [0.05, 0.1) is 12.7 Å². The Labute approximate surface area is 124 Å². The lowest BCUT2D eigenvalue weighted by Gasteiger charge is -2.23. The Morgan fingerprint density at radius 1 is 1.50 bits per heavy atom. The second-order valence-corrected chi connectivity index (χ2v) is 5.11. The van der Waals surface area contributed by atoms with Crippen molar-refractivity contribution in [2.45, 2.75) is 25.4 Å². The van der Waals surface area contributed by atoms with Crippen LogP contribution < -0.4 is 5.43 Å². The van der Waals surface area contributed by atoms with Gasteiger partial charge in [0, 0.05) is 30.6 Å². The molecule has 118 valence electrons. The number of carboxylic acid groups (broad SMARTS) is 1. The molecule has 0 saturated carbocycles. The summed E-state index contributed by atoms with van der Waals surface area (Å²) in [5.41, 5.74) is -0.0676. The molecule has 3 heterocycles. The van der Waals surface area contributed by atoms with Crippen LogP contribution in [-0.2, 0) is 9.47 Å². The lowest BCUT2D eigenvalue weighted by molar-refractivity contribution is -0.0682. The number of rotatable bonds is 3. The first-order chi connectivity index (χ1) is 10.5. The van der Waals surface area contributed by atoms with Crippen LogP contribution in [0, 0.1) is 5.92 Å². The molecule has 2 N–H and O–H groups in total. The van der Waals surface area contributed by atoms with Crippen molar-refractivity contribution >= 4 is 11.8 Å². The number of aliphatic hydroxyl groups is 1. The molecule has 4 atom stereocenters. The first kappa shape index (κ1) is 14.5. The Balaban J connectivity index is 2.07. The van der Waals surface area contributed by atoms with Gasteiger partial charge in [-0.15, -0.1) is 0 Å². The molecular formula is C13H15N3O6. The third-order valence-corrected chi connectivity index (χ3v) is 3.85. The summed E-state index contributed by atoms with van der Waals surface area (Å²) in [5, 5.41) is 18.3. The van der Waals surface area contributed by atoms with Gasteiger partial charge in [-0.05, 0) is 0 Å². The van der Waals surface area contributed by atoms with Gasteiger partial charge < -0.3 is 19.7 Å². The molecule has 1 aliphatic rings. The van der Waals surface area contributed by atoms with Crippen molar-refractivity contribution < 1.29 is 24.5 Å². The number of imidazole rings is 1. The van der Waals surface area contributed by atoms with Gasteiger partial charge in [0.25, 0.3) is 0 Å². The number of carbonyl (C=O) groups is 1. The van der Waals surface area contributed by atoms with E-state index in [9.17, 15) is 14.7 Å². The van der Waals surface area contributed by atoms with Crippen LogP contribution in [0.15, 0.2) is 29.5 Å². The maximum Gasteiger partial charge on any atom is 0.506 e. The zero-order valence-electron chi connectivity index (χ0n) is 11.7. The van der Waals surface area contributed by atoms with E-state index in [1.807, 2.05) is 0 Å². The second kappa shape index (κ2) is 5.43. The maximum absolute atomic E-state index is 11.7. The number of nitrogens with zero attached hydrogens (tertiary/aromatic N) is 3. The fourth-order valence-electron chi connectivity index (χ4n) is 2.71. The summed E-state index contributed by atoms with van der Waals surface area (Å²) in [4.78, 5) is 26.6. The monoisotopic (exact) mass is 309 g/mol. The molecule has 1 fully saturated rings. The van der Waals surface area contributed by atoms with Crippen LogP contribution >= 0.6 is 0 Å². The summed E-state index contributed by atoms with van der Waals surface area (Å²) in [5.74, 6) is -0.343. The SMILES string of the molecule is C[C@H]1[C@@H](OC(=O)O)[C@H](n2ccc(=O)c3nccn32)O[C@@H]1CO. The average Bonchev–Trinajstić information content (AvgIpc) is 3.07. The van der Waals surface area contributed by atoms with Gasteiger partial charge >= 0.3 is 6.16 Å². The minimum absolute atomic E-state index is 0.195. The van der Waals surface area contributed by atoms with Crippen molar-refractivity contribution in [1.29, 1.82) is 0 Å². The minimum atomic E-state index is -1.42. The van der Waals surface area contributed by atoms with Crippen molar-refractivity contribution in [1.82, 2.24) is 14.2 Å². The van der Waals surface area contributed by atoms with Gasteiger partial charge in [-0.3, -0.25) is 9.48 Å². The maximum atomic E-state index is 11.7. The predicted molar refractivity (Wildman–Crippen MR) is 72.5 cm³/mol. The van der Waals surface area contributed by atoms with Crippen LogP contribution in [0.4, 0.5) is 4.79 Å². The fourth-order valence-corrected chi connectivity index (χ4v) is 2.71. The number of hydrogen-bond acceptors (Lipinski definition) is 6. The van der Waals surface area contributed by atoms with Crippen LogP contribution in [-0.4, -0.2) is 49.4 Å². The van der Waals surface area contributed by atoms with Crippen molar-refractivity contribution in [3.8, 4) is 0 Å². The van der Waals surface area contributed by atoms with E-state index in [0.29, 0.717) is 0 Å². The van der Waals surface area contributed by atoms with Crippen molar-refractivity contribution in [3.63, 3.8) is 0 Å². The van der Waals surface area contributed by atoms with E-state index in [1.54, 1.807) is 13.1 Å². The molecule has 9 heteroatoms. The van der Waals surface area contributed by atoms with E-state index >= 15 is 0 Å². The van der Waals surface area contributed by atoms with Crippen LogP contribution in [0.25, 0.3) is 5.65 Å². The quantitative estimate of drug-likeness (QED) is 0.772. The highest BCUT2D eigenvalue weighted by atomic mass is 16.7. The van der Waals surface area contributed by atoms with E-state index in [-0.39, 0.29) is 23.6 Å². The van der Waals surface area contributed by atoms with E-state index < -0.39 is 24.6 Å². The first-order valence-electron chi connectivity index (χ1n) is 6.73. The molecule has 0 radical (unpaired) electrons. The van der Waals surface area contributed by atoms with Crippen molar-refractivity contribution in [3.05, 3.63) is 34.9 Å². The van der Waals surface area contributed by atoms with Gasteiger partial charge in [-0.2, -0.15) is 0 Å². The summed E-state index contributed by atoms with van der Waals surface area (Å²) in [6, 6.07) is 1.32. The molecule has 1 saturated heterocycles. The highest BCUT2D eigenvalue weighted by Gasteiger charge is 2.45. The predicted octanol–water partition coefficient (Wildman–Crippen LogP) is 0.0850. The average molecular weight is 309 g/mol. The van der Waals surface area contributed by atoms with E-state index in [1.165, 1.54) is 27.7 Å². The molecule has 2 aromatic heterocycles. The standard InChI is InChI=1S/C13H15N3O6/c1-7-9(6-17)21-12(10(7)22-13(19)20)16-4-2-8(18)11-14-3-5-15(11)16/h2-5,7,9-10,12,17H,6H2,1H3,(H,19,20)/t7-,9-,10-,12-/m1/s1. The van der Waals surface area contributed by atoms with Crippen LogP contribution in [0.1, 0.15) is 13.2 Å². The molecule has 0 aliphatic carbocycles. The number of aromatic nitrogens is 3. The number of fused-ring (bicyclic) bond motifs is 1.